The average Bonchev–Trinajstić information content (AvgIpc) is 2.85. The Hall–Kier alpha value is -2.04. The number of hydrogen-bond acceptors (Lipinski definition) is 6. The van der Waals surface area contributed by atoms with E-state index in [2.05, 4.69) is 0 Å². The number of carbonyl (C=O) groups is 1. The zero-order chi connectivity index (χ0) is 15.8. The number of nitro benzene ring substituents is 1. The minimum Gasteiger partial charge on any atom is -0.478 e. The Bertz CT molecular complexity index is 701. The van der Waals surface area contributed by atoms with Crippen molar-refractivity contribution in [1.29, 1.82) is 0 Å². The number of nitro groups is 1. The van der Waals surface area contributed by atoms with Gasteiger partial charge in [-0.25, -0.2) is 13.2 Å². The predicted molar refractivity (Wildman–Crippen MR) is 69.4 cm³/mol. The van der Waals surface area contributed by atoms with Crippen molar-refractivity contribution < 1.29 is 28.3 Å². The molecule has 2 rings (SSSR count). The molecule has 0 aromatic heterocycles. The Labute approximate surface area is 119 Å². The zero-order valence-electron chi connectivity index (χ0n) is 10.7. The molecule has 0 aliphatic carbocycles. The number of hydrogen-bond donors (Lipinski definition) is 2. The van der Waals surface area contributed by atoms with Gasteiger partial charge in [0.05, 0.1) is 21.5 Å². The van der Waals surface area contributed by atoms with Gasteiger partial charge in [-0.15, -0.1) is 0 Å². The lowest BCUT2D eigenvalue weighted by Crippen LogP contribution is -2.31. The molecule has 1 aromatic rings. The Morgan fingerprint density at radius 1 is 1.43 bits per heavy atom. The molecule has 0 spiro atoms. The van der Waals surface area contributed by atoms with Crippen LogP contribution in [0.4, 0.5) is 5.69 Å². The number of carboxylic acid groups (broad SMARTS) is 1. The van der Waals surface area contributed by atoms with Crippen molar-refractivity contribution in [3.05, 3.63) is 33.9 Å². The maximum atomic E-state index is 12.4. The standard InChI is InChI=1S/C11H12N2O7S/c14-8-3-4-12(6-8)21(19,20)10-2-1-7(13(17)18)5-9(10)11(15)16/h1-2,5,8,14H,3-4,6H2,(H,15,16)/t8-/m0/s1. The molecule has 1 aliphatic rings. The van der Waals surface area contributed by atoms with Crippen molar-refractivity contribution in [2.75, 3.05) is 13.1 Å². The van der Waals surface area contributed by atoms with Crippen LogP contribution in [0.15, 0.2) is 23.1 Å². The second kappa shape index (κ2) is 5.39. The van der Waals surface area contributed by atoms with E-state index >= 15 is 0 Å². The SMILES string of the molecule is O=C(O)c1cc([N+](=O)[O-])ccc1S(=O)(=O)N1CC[C@H](O)C1. The van der Waals surface area contributed by atoms with E-state index in [1.165, 1.54) is 0 Å². The molecule has 1 saturated heterocycles. The fourth-order valence-corrected chi connectivity index (χ4v) is 3.75. The highest BCUT2D eigenvalue weighted by Gasteiger charge is 2.34. The van der Waals surface area contributed by atoms with Crippen LogP contribution in [0.1, 0.15) is 16.8 Å². The molecule has 10 heteroatoms. The summed E-state index contributed by atoms with van der Waals surface area (Å²) < 4.78 is 25.7. The van der Waals surface area contributed by atoms with Crippen molar-refractivity contribution in [1.82, 2.24) is 4.31 Å². The van der Waals surface area contributed by atoms with Gasteiger partial charge in [0.2, 0.25) is 10.0 Å². The van der Waals surface area contributed by atoms with E-state index in [1.807, 2.05) is 0 Å². The van der Waals surface area contributed by atoms with Gasteiger partial charge in [-0.05, 0) is 12.5 Å². The number of aliphatic hydroxyl groups excluding tert-OH is 1. The normalized spacial score (nSPS) is 19.6. The summed E-state index contributed by atoms with van der Waals surface area (Å²) in [5.41, 5.74) is -1.17. The second-order valence-electron chi connectivity index (χ2n) is 4.55. The molecule has 0 bridgehead atoms. The first kappa shape index (κ1) is 15.4. The molecular weight excluding hydrogens is 304 g/mol. The van der Waals surface area contributed by atoms with Gasteiger partial charge in [0, 0.05) is 25.2 Å². The minimum absolute atomic E-state index is 0.0690. The molecule has 1 atom stereocenters. The van der Waals surface area contributed by atoms with Crippen LogP contribution in [0.5, 0.6) is 0 Å². The van der Waals surface area contributed by atoms with Gasteiger partial charge in [-0.3, -0.25) is 10.1 Å². The fraction of sp³-hybridized carbons (Fsp3) is 0.364. The van der Waals surface area contributed by atoms with E-state index in [0.717, 1.165) is 16.4 Å². The number of sulfonamides is 1. The molecule has 0 amide bonds. The number of benzene rings is 1. The smallest absolute Gasteiger partial charge is 0.337 e. The molecule has 1 aliphatic heterocycles. The van der Waals surface area contributed by atoms with Gasteiger partial charge in [0.1, 0.15) is 0 Å². The first-order chi connectivity index (χ1) is 9.73. The summed E-state index contributed by atoms with van der Waals surface area (Å²) in [6.45, 7) is -0.0576. The number of non-ortho nitro benzene ring substituents is 1. The van der Waals surface area contributed by atoms with Crippen LogP contribution in [-0.2, 0) is 10.0 Å². The molecular formula is C11H12N2O7S. The van der Waals surface area contributed by atoms with Crippen LogP contribution in [0.3, 0.4) is 0 Å². The second-order valence-corrected chi connectivity index (χ2v) is 6.45. The number of carboxylic acids is 1. The van der Waals surface area contributed by atoms with Crippen molar-refractivity contribution in [2.24, 2.45) is 0 Å². The lowest BCUT2D eigenvalue weighted by molar-refractivity contribution is -0.384. The van der Waals surface area contributed by atoms with Crippen LogP contribution in [0.2, 0.25) is 0 Å². The number of aliphatic hydroxyl groups is 1. The summed E-state index contributed by atoms with van der Waals surface area (Å²) in [5, 5.41) is 29.1. The molecule has 0 unspecified atom stereocenters. The highest BCUT2D eigenvalue weighted by Crippen LogP contribution is 2.27. The summed E-state index contributed by atoms with van der Waals surface area (Å²) in [6.07, 6.45) is -0.541. The predicted octanol–water partition coefficient (Wildman–Crippen LogP) is 0.0483. The zero-order valence-corrected chi connectivity index (χ0v) is 11.5. The summed E-state index contributed by atoms with van der Waals surface area (Å²) in [4.78, 5) is 20.5. The van der Waals surface area contributed by atoms with Gasteiger partial charge in [-0.2, -0.15) is 4.31 Å². The molecule has 9 nitrogen and oxygen atoms in total. The number of β-amino-alcohol motifs (C(OH)–C–C–N with tert-alkyl or cyclic N) is 1. The molecule has 114 valence electrons. The highest BCUT2D eigenvalue weighted by atomic mass is 32.2. The minimum atomic E-state index is -4.12. The Balaban J connectivity index is 2.52. The van der Waals surface area contributed by atoms with Crippen molar-refractivity contribution in [3.8, 4) is 0 Å². The van der Waals surface area contributed by atoms with Crippen LogP contribution >= 0.6 is 0 Å². The van der Waals surface area contributed by atoms with E-state index in [-0.39, 0.29) is 19.5 Å². The quantitative estimate of drug-likeness (QED) is 0.591. The Morgan fingerprint density at radius 2 is 2.10 bits per heavy atom. The van der Waals surface area contributed by atoms with Gasteiger partial charge < -0.3 is 10.2 Å². The van der Waals surface area contributed by atoms with Crippen LogP contribution in [0.25, 0.3) is 0 Å². The van der Waals surface area contributed by atoms with Crippen molar-refractivity contribution >= 4 is 21.7 Å². The number of aromatic carboxylic acids is 1. The van der Waals surface area contributed by atoms with Gasteiger partial charge in [0.25, 0.3) is 5.69 Å². The van der Waals surface area contributed by atoms with Crippen LogP contribution in [0, 0.1) is 10.1 Å². The maximum Gasteiger partial charge on any atom is 0.337 e. The Morgan fingerprint density at radius 3 is 2.57 bits per heavy atom. The lowest BCUT2D eigenvalue weighted by atomic mass is 10.2. The van der Waals surface area contributed by atoms with E-state index < -0.39 is 43.2 Å². The third kappa shape index (κ3) is 2.86. The van der Waals surface area contributed by atoms with E-state index in [4.69, 9.17) is 5.11 Å². The first-order valence-corrected chi connectivity index (χ1v) is 7.37. The monoisotopic (exact) mass is 316 g/mol. The molecule has 0 saturated carbocycles. The van der Waals surface area contributed by atoms with Crippen LogP contribution in [-0.4, -0.2) is 53.0 Å². The maximum absolute atomic E-state index is 12.4. The van der Waals surface area contributed by atoms with Gasteiger partial charge in [-0.1, -0.05) is 0 Å². The third-order valence-corrected chi connectivity index (χ3v) is 5.07. The first-order valence-electron chi connectivity index (χ1n) is 5.93. The Kier molecular flexibility index (Phi) is 3.94. The van der Waals surface area contributed by atoms with Gasteiger partial charge >= 0.3 is 5.97 Å². The van der Waals surface area contributed by atoms with E-state index in [0.29, 0.717) is 6.07 Å². The topological polar surface area (TPSA) is 138 Å². The summed E-state index contributed by atoms with van der Waals surface area (Å²) in [5.74, 6) is -1.57. The molecule has 2 N–H and O–H groups in total. The lowest BCUT2D eigenvalue weighted by Gasteiger charge is -2.17. The largest absolute Gasteiger partial charge is 0.478 e. The van der Waals surface area contributed by atoms with Gasteiger partial charge in [0.15, 0.2) is 0 Å². The molecule has 1 fully saturated rings. The summed E-state index contributed by atoms with van der Waals surface area (Å²) in [6, 6.07) is 2.55. The van der Waals surface area contributed by atoms with Crippen molar-refractivity contribution in [3.63, 3.8) is 0 Å². The number of rotatable bonds is 4. The summed E-state index contributed by atoms with van der Waals surface area (Å²) >= 11 is 0. The molecule has 1 aromatic carbocycles. The van der Waals surface area contributed by atoms with Crippen molar-refractivity contribution in [2.45, 2.75) is 17.4 Å². The average molecular weight is 316 g/mol. The fourth-order valence-electron chi connectivity index (χ4n) is 2.09. The molecule has 1 heterocycles. The molecule has 0 radical (unpaired) electrons. The molecule has 21 heavy (non-hydrogen) atoms. The highest BCUT2D eigenvalue weighted by molar-refractivity contribution is 7.89. The third-order valence-electron chi connectivity index (χ3n) is 3.15. The summed E-state index contributed by atoms with van der Waals surface area (Å²) in [7, 11) is -4.12. The number of nitrogens with zero attached hydrogens (tertiary/aromatic N) is 2. The van der Waals surface area contributed by atoms with Crippen LogP contribution < -0.4 is 0 Å². The van der Waals surface area contributed by atoms with E-state index in [9.17, 15) is 28.4 Å². The van der Waals surface area contributed by atoms with E-state index in [1.54, 1.807) is 0 Å².